The summed E-state index contributed by atoms with van der Waals surface area (Å²) in [6, 6.07) is 15.6. The first-order chi connectivity index (χ1) is 13.2. The number of unbranched alkanes of at least 4 members (excludes halogenated alkanes) is 1. The minimum atomic E-state index is -0.176. The summed E-state index contributed by atoms with van der Waals surface area (Å²) < 4.78 is 19.3. The summed E-state index contributed by atoms with van der Waals surface area (Å²) in [5, 5.41) is 6.47. The van der Waals surface area contributed by atoms with Gasteiger partial charge >= 0.3 is 0 Å². The molecular weight excluding hydrogens is 468 g/mol. The SMILES string of the molecule is CN=C(NCCCCOCCc1ccccc1)NCc1ccc(C)c(F)c1.I. The van der Waals surface area contributed by atoms with Crippen LogP contribution < -0.4 is 10.6 Å². The first-order valence-corrected chi connectivity index (χ1v) is 9.50. The number of benzene rings is 2. The molecule has 0 aliphatic heterocycles. The number of hydrogen-bond acceptors (Lipinski definition) is 2. The summed E-state index contributed by atoms with van der Waals surface area (Å²) in [4.78, 5) is 4.19. The van der Waals surface area contributed by atoms with Crippen molar-refractivity contribution in [1.29, 1.82) is 0 Å². The molecule has 0 bridgehead atoms. The molecule has 0 saturated carbocycles. The fraction of sp³-hybridized carbons (Fsp3) is 0.409. The number of aryl methyl sites for hydroxylation is 1. The lowest BCUT2D eigenvalue weighted by atomic mass is 10.1. The van der Waals surface area contributed by atoms with E-state index in [1.165, 1.54) is 5.56 Å². The van der Waals surface area contributed by atoms with Gasteiger partial charge in [0.2, 0.25) is 0 Å². The molecule has 0 aromatic heterocycles. The van der Waals surface area contributed by atoms with E-state index in [0.717, 1.165) is 50.5 Å². The molecule has 0 aliphatic rings. The van der Waals surface area contributed by atoms with Gasteiger partial charge in [-0.1, -0.05) is 42.5 Å². The van der Waals surface area contributed by atoms with Crippen LogP contribution in [-0.4, -0.2) is 32.8 Å². The van der Waals surface area contributed by atoms with Crippen molar-refractivity contribution in [2.24, 2.45) is 4.99 Å². The number of halogens is 2. The Labute approximate surface area is 185 Å². The topological polar surface area (TPSA) is 45.7 Å². The molecule has 0 heterocycles. The van der Waals surface area contributed by atoms with Crippen molar-refractivity contribution < 1.29 is 9.13 Å². The average Bonchev–Trinajstić information content (AvgIpc) is 2.69. The molecule has 0 aliphatic carbocycles. The third kappa shape index (κ3) is 9.50. The highest BCUT2D eigenvalue weighted by molar-refractivity contribution is 14.0. The molecule has 0 unspecified atom stereocenters. The van der Waals surface area contributed by atoms with Crippen molar-refractivity contribution in [1.82, 2.24) is 10.6 Å². The first kappa shape index (κ1) is 24.4. The van der Waals surface area contributed by atoms with E-state index in [-0.39, 0.29) is 29.8 Å². The lowest BCUT2D eigenvalue weighted by molar-refractivity contribution is 0.133. The van der Waals surface area contributed by atoms with Crippen LogP contribution in [0.15, 0.2) is 53.5 Å². The van der Waals surface area contributed by atoms with Crippen LogP contribution in [-0.2, 0) is 17.7 Å². The van der Waals surface area contributed by atoms with Crippen molar-refractivity contribution >= 4 is 29.9 Å². The fourth-order valence-corrected chi connectivity index (χ4v) is 2.63. The van der Waals surface area contributed by atoms with Crippen molar-refractivity contribution in [3.8, 4) is 0 Å². The largest absolute Gasteiger partial charge is 0.381 e. The zero-order chi connectivity index (χ0) is 19.3. The van der Waals surface area contributed by atoms with Gasteiger partial charge in [-0.3, -0.25) is 4.99 Å². The molecule has 0 radical (unpaired) electrons. The van der Waals surface area contributed by atoms with Crippen LogP contribution in [0.3, 0.4) is 0 Å². The van der Waals surface area contributed by atoms with Crippen LogP contribution >= 0.6 is 24.0 Å². The molecule has 2 aromatic carbocycles. The van der Waals surface area contributed by atoms with Crippen molar-refractivity contribution in [3.63, 3.8) is 0 Å². The van der Waals surface area contributed by atoms with Gasteiger partial charge in [-0.05, 0) is 48.9 Å². The fourth-order valence-electron chi connectivity index (χ4n) is 2.63. The van der Waals surface area contributed by atoms with Gasteiger partial charge in [-0.15, -0.1) is 24.0 Å². The van der Waals surface area contributed by atoms with E-state index in [2.05, 4.69) is 39.9 Å². The van der Waals surface area contributed by atoms with Gasteiger partial charge in [0.15, 0.2) is 5.96 Å². The molecule has 6 heteroatoms. The minimum Gasteiger partial charge on any atom is -0.381 e. The molecule has 0 spiro atoms. The summed E-state index contributed by atoms with van der Waals surface area (Å²) >= 11 is 0. The zero-order valence-electron chi connectivity index (χ0n) is 16.7. The summed E-state index contributed by atoms with van der Waals surface area (Å²) in [5.74, 6) is 0.547. The molecule has 0 atom stereocenters. The van der Waals surface area contributed by atoms with E-state index in [1.807, 2.05) is 12.1 Å². The normalized spacial score (nSPS) is 11.0. The average molecular weight is 499 g/mol. The quantitative estimate of drug-likeness (QED) is 0.220. The lowest BCUT2D eigenvalue weighted by Crippen LogP contribution is -2.37. The van der Waals surface area contributed by atoms with E-state index in [9.17, 15) is 4.39 Å². The van der Waals surface area contributed by atoms with Gasteiger partial charge in [-0.25, -0.2) is 4.39 Å². The second kappa shape index (κ2) is 14.3. The zero-order valence-corrected chi connectivity index (χ0v) is 19.0. The van der Waals surface area contributed by atoms with E-state index in [0.29, 0.717) is 12.1 Å². The number of nitrogens with one attached hydrogen (secondary N) is 2. The smallest absolute Gasteiger partial charge is 0.191 e. The van der Waals surface area contributed by atoms with E-state index >= 15 is 0 Å². The Kier molecular flexibility index (Phi) is 12.5. The Morgan fingerprint density at radius 3 is 2.50 bits per heavy atom. The maximum atomic E-state index is 13.6. The van der Waals surface area contributed by atoms with E-state index < -0.39 is 0 Å². The number of hydrogen-bond donors (Lipinski definition) is 2. The van der Waals surface area contributed by atoms with Crippen LogP contribution in [0.4, 0.5) is 4.39 Å². The molecule has 154 valence electrons. The number of rotatable bonds is 10. The highest BCUT2D eigenvalue weighted by atomic mass is 127. The molecule has 2 N–H and O–H groups in total. The van der Waals surface area contributed by atoms with Gasteiger partial charge in [-0.2, -0.15) is 0 Å². The maximum Gasteiger partial charge on any atom is 0.191 e. The van der Waals surface area contributed by atoms with Crippen LogP contribution in [0.25, 0.3) is 0 Å². The summed E-state index contributed by atoms with van der Waals surface area (Å²) in [6.07, 6.45) is 2.96. The van der Waals surface area contributed by atoms with E-state index in [4.69, 9.17) is 4.74 Å². The van der Waals surface area contributed by atoms with Crippen molar-refractivity contribution in [2.45, 2.75) is 32.7 Å². The molecule has 28 heavy (non-hydrogen) atoms. The Morgan fingerprint density at radius 1 is 1.00 bits per heavy atom. The Bertz CT molecular complexity index is 710. The standard InChI is InChI=1S/C22H30FN3O.HI/c1-18-10-11-20(16-21(18)23)17-26-22(24-2)25-13-6-7-14-27-15-12-19-8-4-3-5-9-19;/h3-5,8-11,16H,6-7,12-15,17H2,1-2H3,(H2,24,25,26);1H. The Morgan fingerprint density at radius 2 is 1.79 bits per heavy atom. The number of ether oxygens (including phenoxy) is 1. The van der Waals surface area contributed by atoms with Gasteiger partial charge in [0.25, 0.3) is 0 Å². The van der Waals surface area contributed by atoms with Crippen LogP contribution in [0.1, 0.15) is 29.5 Å². The van der Waals surface area contributed by atoms with Crippen LogP contribution in [0.2, 0.25) is 0 Å². The lowest BCUT2D eigenvalue weighted by Gasteiger charge is -2.12. The minimum absolute atomic E-state index is 0. The Balaban J connectivity index is 0.00000392. The predicted molar refractivity (Wildman–Crippen MR) is 125 cm³/mol. The molecule has 0 fully saturated rings. The van der Waals surface area contributed by atoms with Gasteiger partial charge < -0.3 is 15.4 Å². The summed E-state index contributed by atoms with van der Waals surface area (Å²) in [6.45, 7) is 4.65. The van der Waals surface area contributed by atoms with Gasteiger partial charge in [0.05, 0.1) is 6.61 Å². The van der Waals surface area contributed by atoms with Gasteiger partial charge in [0, 0.05) is 26.7 Å². The Hall–Kier alpha value is -1.67. The molecule has 0 saturated heterocycles. The predicted octanol–water partition coefficient (Wildman–Crippen LogP) is 4.46. The number of guanidine groups is 1. The number of aliphatic imine (C=N–C) groups is 1. The van der Waals surface area contributed by atoms with Crippen LogP contribution in [0.5, 0.6) is 0 Å². The summed E-state index contributed by atoms with van der Waals surface area (Å²) in [5.41, 5.74) is 2.86. The molecule has 2 rings (SSSR count). The molecule has 2 aromatic rings. The van der Waals surface area contributed by atoms with Crippen molar-refractivity contribution in [3.05, 3.63) is 71.0 Å². The summed E-state index contributed by atoms with van der Waals surface area (Å²) in [7, 11) is 1.73. The highest BCUT2D eigenvalue weighted by Crippen LogP contribution is 2.08. The van der Waals surface area contributed by atoms with E-state index in [1.54, 1.807) is 26.1 Å². The third-order valence-corrected chi connectivity index (χ3v) is 4.31. The van der Waals surface area contributed by atoms with Gasteiger partial charge in [0.1, 0.15) is 5.82 Å². The highest BCUT2D eigenvalue weighted by Gasteiger charge is 2.01. The third-order valence-electron chi connectivity index (χ3n) is 4.31. The second-order valence-corrected chi connectivity index (χ2v) is 6.49. The molecular formula is C22H31FIN3O. The van der Waals surface area contributed by atoms with Crippen molar-refractivity contribution in [2.75, 3.05) is 26.8 Å². The monoisotopic (exact) mass is 499 g/mol. The number of nitrogens with zero attached hydrogens (tertiary/aromatic N) is 1. The molecule has 0 amide bonds. The maximum absolute atomic E-state index is 13.6. The van der Waals surface area contributed by atoms with Crippen LogP contribution in [0, 0.1) is 12.7 Å². The molecule has 4 nitrogen and oxygen atoms in total. The first-order valence-electron chi connectivity index (χ1n) is 9.50. The second-order valence-electron chi connectivity index (χ2n) is 6.49.